The minimum atomic E-state index is -0.357. The number of esters is 4. The quantitative estimate of drug-likeness (QED) is 0.0688. The van der Waals surface area contributed by atoms with Crippen molar-refractivity contribution in [2.24, 2.45) is 17.8 Å². The van der Waals surface area contributed by atoms with Crippen LogP contribution in [-0.4, -0.2) is 74.7 Å². The normalized spacial score (nSPS) is 27.7. The van der Waals surface area contributed by atoms with Gasteiger partial charge in [-0.1, -0.05) is 20.1 Å². The fraction of sp³-hybridized carbons (Fsp3) is 0.784. The molecule has 0 radical (unpaired) electrons. The van der Waals surface area contributed by atoms with E-state index in [0.29, 0.717) is 56.8 Å². The van der Waals surface area contributed by atoms with Crippen molar-refractivity contribution in [1.29, 1.82) is 0 Å². The van der Waals surface area contributed by atoms with Crippen molar-refractivity contribution in [2.45, 2.75) is 141 Å². The Kier molecular flexibility index (Phi) is 17.0. The van der Waals surface area contributed by atoms with Crippen molar-refractivity contribution in [1.82, 2.24) is 0 Å². The molecule has 0 aliphatic heterocycles. The van der Waals surface area contributed by atoms with E-state index in [1.807, 2.05) is 0 Å². The van der Waals surface area contributed by atoms with E-state index >= 15 is 0 Å². The van der Waals surface area contributed by atoms with Crippen molar-refractivity contribution in [3.63, 3.8) is 0 Å². The molecule has 0 aromatic carbocycles. The van der Waals surface area contributed by atoms with E-state index in [-0.39, 0.29) is 66.0 Å². The molecule has 3 rings (SSSR count). The molecule has 0 heterocycles. The zero-order valence-electron chi connectivity index (χ0n) is 29.0. The lowest BCUT2D eigenvalue weighted by Crippen LogP contribution is -2.39. The molecule has 47 heavy (non-hydrogen) atoms. The minimum Gasteiger partial charge on any atom is -0.462 e. The van der Waals surface area contributed by atoms with Crippen molar-refractivity contribution >= 4 is 23.9 Å². The largest absolute Gasteiger partial charge is 0.462 e. The second-order valence-corrected chi connectivity index (χ2v) is 13.8. The van der Waals surface area contributed by atoms with Gasteiger partial charge in [-0.15, -0.1) is 0 Å². The Hall–Kier alpha value is -2.72. The Morgan fingerprint density at radius 3 is 1.38 bits per heavy atom. The fourth-order valence-corrected chi connectivity index (χ4v) is 6.52. The summed E-state index contributed by atoms with van der Waals surface area (Å²) in [5, 5.41) is 0. The van der Waals surface area contributed by atoms with E-state index in [1.54, 1.807) is 13.8 Å². The summed E-state index contributed by atoms with van der Waals surface area (Å²) in [6, 6.07) is 0. The van der Waals surface area contributed by atoms with Crippen LogP contribution in [0.5, 0.6) is 0 Å². The molecule has 10 nitrogen and oxygen atoms in total. The lowest BCUT2D eigenvalue weighted by atomic mass is 9.84. The van der Waals surface area contributed by atoms with E-state index in [2.05, 4.69) is 20.1 Å². The van der Waals surface area contributed by atoms with Gasteiger partial charge in [0.1, 0.15) is 12.2 Å². The second kappa shape index (κ2) is 20.6. The lowest BCUT2D eigenvalue weighted by molar-refractivity contribution is -0.169. The Labute approximate surface area is 281 Å². The molecule has 3 fully saturated rings. The summed E-state index contributed by atoms with van der Waals surface area (Å²) in [5.41, 5.74) is 0.811. The molecule has 0 amide bonds. The first-order chi connectivity index (χ1) is 22.5. The van der Waals surface area contributed by atoms with Crippen LogP contribution in [0, 0.1) is 17.8 Å². The molecule has 3 atom stereocenters. The standard InChI is InChI=1S/C37H58O10/c1-25(2)34(38)44-22-8-6-20-42-30-14-10-28(11-15-30)36(40)46-32-18-19-33(27(5)24-32)47-37(41)29-12-16-31(17-13-29)43-21-7-9-23-45-35(39)26(3)4/h27-33H,1,3,6-24H2,2,4-5H3. The highest BCUT2D eigenvalue weighted by Gasteiger charge is 2.36. The van der Waals surface area contributed by atoms with Crippen LogP contribution in [0.1, 0.15) is 117 Å². The summed E-state index contributed by atoms with van der Waals surface area (Å²) in [6.45, 7) is 14.5. The van der Waals surface area contributed by atoms with Gasteiger partial charge in [0.25, 0.3) is 0 Å². The summed E-state index contributed by atoms with van der Waals surface area (Å²) in [7, 11) is 0. The maximum absolute atomic E-state index is 13.0. The molecular weight excluding hydrogens is 604 g/mol. The summed E-state index contributed by atoms with van der Waals surface area (Å²) in [6.07, 6.45) is 11.7. The first-order valence-corrected chi connectivity index (χ1v) is 17.8. The predicted molar refractivity (Wildman–Crippen MR) is 176 cm³/mol. The van der Waals surface area contributed by atoms with Gasteiger partial charge >= 0.3 is 23.9 Å². The smallest absolute Gasteiger partial charge is 0.333 e. The van der Waals surface area contributed by atoms with Gasteiger partial charge in [0.2, 0.25) is 0 Å². The molecule has 0 saturated heterocycles. The number of ether oxygens (including phenoxy) is 6. The van der Waals surface area contributed by atoms with Gasteiger partial charge in [-0.3, -0.25) is 9.59 Å². The van der Waals surface area contributed by atoms with Crippen LogP contribution < -0.4 is 0 Å². The molecule has 0 bridgehead atoms. The number of carbonyl (C=O) groups is 4. The van der Waals surface area contributed by atoms with Gasteiger partial charge in [0, 0.05) is 24.4 Å². The number of carbonyl (C=O) groups excluding carboxylic acids is 4. The number of rotatable bonds is 18. The van der Waals surface area contributed by atoms with E-state index in [4.69, 9.17) is 28.4 Å². The molecule has 0 aromatic rings. The van der Waals surface area contributed by atoms with E-state index in [9.17, 15) is 19.2 Å². The lowest BCUT2D eigenvalue weighted by Gasteiger charge is -2.36. The molecule has 3 aliphatic carbocycles. The highest BCUT2D eigenvalue weighted by Crippen LogP contribution is 2.34. The van der Waals surface area contributed by atoms with E-state index in [1.165, 1.54) is 0 Å². The average molecular weight is 663 g/mol. The first kappa shape index (κ1) is 38.7. The molecule has 3 aliphatic rings. The van der Waals surface area contributed by atoms with Gasteiger partial charge in [-0.2, -0.15) is 0 Å². The maximum atomic E-state index is 13.0. The van der Waals surface area contributed by atoms with E-state index in [0.717, 1.165) is 77.0 Å². The zero-order chi connectivity index (χ0) is 34.2. The molecule has 266 valence electrons. The molecule has 3 unspecified atom stereocenters. The zero-order valence-corrected chi connectivity index (χ0v) is 29.0. The van der Waals surface area contributed by atoms with Gasteiger partial charge in [0.15, 0.2) is 0 Å². The van der Waals surface area contributed by atoms with Crippen LogP contribution in [0.25, 0.3) is 0 Å². The second-order valence-electron chi connectivity index (χ2n) is 13.8. The topological polar surface area (TPSA) is 124 Å². The van der Waals surface area contributed by atoms with Crippen molar-refractivity contribution in [3.05, 3.63) is 24.3 Å². The SMILES string of the molecule is C=C(C)C(=O)OCCCCOC1CCC(C(=O)OC2CCC(OC(=O)C3CCC(OCCCCOC(=O)C(=C)C)CC3)C(C)C2)CC1. The van der Waals surface area contributed by atoms with Gasteiger partial charge in [-0.25, -0.2) is 9.59 Å². The van der Waals surface area contributed by atoms with Gasteiger partial charge < -0.3 is 28.4 Å². The van der Waals surface area contributed by atoms with Crippen molar-refractivity contribution in [3.8, 4) is 0 Å². The Balaban J connectivity index is 1.22. The van der Waals surface area contributed by atoms with Crippen LogP contribution in [0.15, 0.2) is 24.3 Å². The minimum absolute atomic E-state index is 0.0901. The number of hydrogen-bond acceptors (Lipinski definition) is 10. The average Bonchev–Trinajstić information content (AvgIpc) is 3.05. The van der Waals surface area contributed by atoms with Crippen LogP contribution >= 0.6 is 0 Å². The van der Waals surface area contributed by atoms with Crippen molar-refractivity contribution in [2.75, 3.05) is 26.4 Å². The summed E-state index contributed by atoms with van der Waals surface area (Å²) in [5.74, 6) is -0.986. The maximum Gasteiger partial charge on any atom is 0.333 e. The predicted octanol–water partition coefficient (Wildman–Crippen LogP) is 6.58. The summed E-state index contributed by atoms with van der Waals surface area (Å²) in [4.78, 5) is 48.7. The van der Waals surface area contributed by atoms with Gasteiger partial charge in [-0.05, 0) is 116 Å². The molecule has 0 N–H and O–H groups in total. The molecular formula is C37H58O10. The van der Waals surface area contributed by atoms with Crippen LogP contribution in [0.4, 0.5) is 0 Å². The number of unbranched alkanes of at least 4 members (excludes halogenated alkanes) is 2. The monoisotopic (exact) mass is 662 g/mol. The summed E-state index contributed by atoms with van der Waals surface area (Å²) < 4.78 is 34.1. The van der Waals surface area contributed by atoms with Crippen LogP contribution in [-0.2, 0) is 47.6 Å². The summed E-state index contributed by atoms with van der Waals surface area (Å²) >= 11 is 0. The van der Waals surface area contributed by atoms with Crippen LogP contribution in [0.3, 0.4) is 0 Å². The third kappa shape index (κ3) is 14.1. The Morgan fingerprint density at radius 1 is 0.553 bits per heavy atom. The van der Waals surface area contributed by atoms with Crippen molar-refractivity contribution < 1.29 is 47.6 Å². The molecule has 0 aromatic heterocycles. The third-order valence-corrected chi connectivity index (χ3v) is 9.56. The van der Waals surface area contributed by atoms with Crippen LogP contribution in [0.2, 0.25) is 0 Å². The molecule has 3 saturated carbocycles. The molecule has 0 spiro atoms. The van der Waals surface area contributed by atoms with E-state index < -0.39 is 0 Å². The Morgan fingerprint density at radius 2 is 0.957 bits per heavy atom. The highest BCUT2D eigenvalue weighted by atomic mass is 16.6. The third-order valence-electron chi connectivity index (χ3n) is 9.56. The Bertz CT molecular complexity index is 1040. The fourth-order valence-electron chi connectivity index (χ4n) is 6.52. The number of hydrogen-bond donors (Lipinski definition) is 0. The highest BCUT2D eigenvalue weighted by molar-refractivity contribution is 5.87. The first-order valence-electron chi connectivity index (χ1n) is 17.8. The molecule has 10 heteroatoms. The van der Waals surface area contributed by atoms with Gasteiger partial charge in [0.05, 0.1) is 37.3 Å².